The number of hydrogen-bond acceptors (Lipinski definition) is 2. The van der Waals surface area contributed by atoms with Crippen LogP contribution in [-0.4, -0.2) is 15.7 Å². The van der Waals surface area contributed by atoms with Gasteiger partial charge in [-0.3, -0.25) is 9.00 Å². The lowest BCUT2D eigenvalue weighted by Crippen LogP contribution is -2.47. The summed E-state index contributed by atoms with van der Waals surface area (Å²) in [6.45, 7) is 1.94. The van der Waals surface area contributed by atoms with E-state index in [1.54, 1.807) is 0 Å². The number of fused-ring (bicyclic) bond motifs is 5. The van der Waals surface area contributed by atoms with Gasteiger partial charge < -0.3 is 0 Å². The van der Waals surface area contributed by atoms with Crippen LogP contribution in [0.1, 0.15) is 24.5 Å². The molecule has 4 rings (SSSR count). The monoisotopic (exact) mass is 296 g/mol. The summed E-state index contributed by atoms with van der Waals surface area (Å²) in [7, 11) is -1.07. The highest BCUT2D eigenvalue weighted by atomic mass is 32.2. The highest BCUT2D eigenvalue weighted by Gasteiger charge is 2.55. The van der Waals surface area contributed by atoms with Crippen molar-refractivity contribution < 1.29 is 9.00 Å². The number of hydrogen-bond donors (Lipinski definition) is 0. The molecule has 106 valence electrons. The minimum Gasteiger partial charge on any atom is -0.299 e. The largest absolute Gasteiger partial charge is 0.299 e. The van der Waals surface area contributed by atoms with Gasteiger partial charge in [0.25, 0.3) is 0 Å². The van der Waals surface area contributed by atoms with Gasteiger partial charge in [-0.15, -0.1) is 0 Å². The van der Waals surface area contributed by atoms with E-state index >= 15 is 0 Å². The van der Waals surface area contributed by atoms with Crippen LogP contribution in [0.15, 0.2) is 48.5 Å². The molecular formula is C18H16O2S. The molecule has 3 heteroatoms. The van der Waals surface area contributed by atoms with Crippen LogP contribution in [0.25, 0.3) is 11.1 Å². The van der Waals surface area contributed by atoms with Crippen molar-refractivity contribution >= 4 is 16.6 Å². The maximum Gasteiger partial charge on any atom is 0.138 e. The summed E-state index contributed by atoms with van der Waals surface area (Å²) in [4.78, 5) is 12.4. The van der Waals surface area contributed by atoms with Crippen LogP contribution in [0, 0.1) is 5.92 Å². The summed E-state index contributed by atoms with van der Waals surface area (Å²) >= 11 is 0. The Morgan fingerprint density at radius 1 is 1.00 bits per heavy atom. The molecule has 0 N–H and O–H groups in total. The third kappa shape index (κ3) is 1.47. The zero-order chi connectivity index (χ0) is 14.6. The Bertz CT molecular complexity index is 733. The van der Waals surface area contributed by atoms with E-state index in [-0.39, 0.29) is 11.7 Å². The molecular weight excluding hydrogens is 280 g/mol. The summed E-state index contributed by atoms with van der Waals surface area (Å²) in [5.74, 6) is 0.448. The lowest BCUT2D eigenvalue weighted by atomic mass is 9.80. The maximum atomic E-state index is 13.1. The molecule has 21 heavy (non-hydrogen) atoms. The first-order chi connectivity index (χ1) is 10.2. The van der Waals surface area contributed by atoms with Gasteiger partial charge in [-0.25, -0.2) is 0 Å². The van der Waals surface area contributed by atoms with E-state index in [1.165, 1.54) is 0 Å². The SMILES string of the molecule is C[C@@H]1C(=O)CC[S@](=O)C12c1ccccc1-c1ccccc12. The quantitative estimate of drug-likeness (QED) is 0.748. The van der Waals surface area contributed by atoms with Crippen molar-refractivity contribution in [1.29, 1.82) is 0 Å². The van der Waals surface area contributed by atoms with Crippen molar-refractivity contribution in [2.45, 2.75) is 18.1 Å². The molecule has 0 bridgehead atoms. The molecule has 2 aromatic rings. The third-order valence-electron chi connectivity index (χ3n) is 4.93. The molecule has 1 fully saturated rings. The Labute approximate surface area is 126 Å². The fraction of sp³-hybridized carbons (Fsp3) is 0.278. The lowest BCUT2D eigenvalue weighted by Gasteiger charge is -2.39. The second-order valence-corrected chi connectivity index (χ2v) is 7.56. The van der Waals surface area contributed by atoms with Crippen molar-refractivity contribution in [2.24, 2.45) is 5.92 Å². The van der Waals surface area contributed by atoms with E-state index < -0.39 is 15.5 Å². The third-order valence-corrected chi connectivity index (χ3v) is 7.02. The predicted octanol–water partition coefficient (Wildman–Crippen LogP) is 3.27. The van der Waals surface area contributed by atoms with Gasteiger partial charge in [-0.05, 0) is 22.3 Å². The van der Waals surface area contributed by atoms with E-state index in [0.717, 1.165) is 22.3 Å². The number of rotatable bonds is 0. The summed E-state index contributed by atoms with van der Waals surface area (Å²) in [6, 6.07) is 16.2. The molecule has 0 aromatic heterocycles. The van der Waals surface area contributed by atoms with Crippen LogP contribution in [0.5, 0.6) is 0 Å². The van der Waals surface area contributed by atoms with Gasteiger partial charge in [-0.2, -0.15) is 0 Å². The molecule has 1 saturated heterocycles. The average Bonchev–Trinajstić information content (AvgIpc) is 2.82. The van der Waals surface area contributed by atoms with E-state index in [0.29, 0.717) is 12.2 Å². The van der Waals surface area contributed by atoms with Gasteiger partial charge in [0, 0.05) is 28.9 Å². The molecule has 0 amide bonds. The van der Waals surface area contributed by atoms with Crippen molar-refractivity contribution in [3.05, 3.63) is 59.7 Å². The van der Waals surface area contributed by atoms with Crippen molar-refractivity contribution in [3.8, 4) is 11.1 Å². The smallest absolute Gasteiger partial charge is 0.138 e. The van der Waals surface area contributed by atoms with Crippen LogP contribution >= 0.6 is 0 Å². The maximum absolute atomic E-state index is 13.1. The normalized spacial score (nSPS) is 25.7. The Kier molecular flexibility index (Phi) is 2.70. The molecule has 1 aliphatic carbocycles. The number of carbonyl (C=O) groups excluding carboxylic acids is 1. The topological polar surface area (TPSA) is 34.1 Å². The van der Waals surface area contributed by atoms with E-state index in [2.05, 4.69) is 12.1 Å². The van der Waals surface area contributed by atoms with Crippen LogP contribution < -0.4 is 0 Å². The highest BCUT2D eigenvalue weighted by molar-refractivity contribution is 7.86. The van der Waals surface area contributed by atoms with Crippen molar-refractivity contribution in [2.75, 3.05) is 5.75 Å². The lowest BCUT2D eigenvalue weighted by molar-refractivity contribution is -0.123. The van der Waals surface area contributed by atoms with Gasteiger partial charge in [0.15, 0.2) is 0 Å². The molecule has 1 spiro atoms. The van der Waals surface area contributed by atoms with Gasteiger partial charge in [-0.1, -0.05) is 55.5 Å². The van der Waals surface area contributed by atoms with Crippen LogP contribution in [0.3, 0.4) is 0 Å². The number of Topliss-reactive ketones (excluding diaryl/α,β-unsaturated/α-hetero) is 1. The highest BCUT2D eigenvalue weighted by Crippen LogP contribution is 2.56. The molecule has 2 nitrogen and oxygen atoms in total. The Balaban J connectivity index is 2.13. The first kappa shape index (κ1) is 13.0. The van der Waals surface area contributed by atoms with Crippen LogP contribution in [0.2, 0.25) is 0 Å². The molecule has 1 heterocycles. The zero-order valence-electron chi connectivity index (χ0n) is 11.8. The number of ketones is 1. The van der Waals surface area contributed by atoms with E-state index in [4.69, 9.17) is 0 Å². The second kappa shape index (κ2) is 4.38. The first-order valence-corrected chi connectivity index (χ1v) is 8.60. The fourth-order valence-corrected chi connectivity index (χ4v) is 6.02. The summed E-state index contributed by atoms with van der Waals surface area (Å²) in [5, 5.41) is 0. The fourth-order valence-electron chi connectivity index (χ4n) is 3.94. The van der Waals surface area contributed by atoms with Gasteiger partial charge in [0.05, 0.1) is 0 Å². The van der Waals surface area contributed by atoms with Crippen molar-refractivity contribution in [3.63, 3.8) is 0 Å². The minimum absolute atomic E-state index is 0.223. The molecule has 0 unspecified atom stereocenters. The average molecular weight is 296 g/mol. The van der Waals surface area contributed by atoms with Crippen molar-refractivity contribution in [1.82, 2.24) is 0 Å². The van der Waals surface area contributed by atoms with Gasteiger partial charge in [0.1, 0.15) is 10.5 Å². The molecule has 0 saturated carbocycles. The summed E-state index contributed by atoms with van der Waals surface area (Å²) in [5.41, 5.74) is 4.38. The van der Waals surface area contributed by atoms with Gasteiger partial charge in [0.2, 0.25) is 0 Å². The molecule has 0 radical (unpaired) electrons. The van der Waals surface area contributed by atoms with E-state index in [9.17, 15) is 9.00 Å². The zero-order valence-corrected chi connectivity index (χ0v) is 12.7. The number of benzene rings is 2. The Hall–Kier alpha value is -1.74. The summed E-state index contributed by atoms with van der Waals surface area (Å²) < 4.78 is 12.4. The Morgan fingerprint density at radius 3 is 2.10 bits per heavy atom. The molecule has 2 atom stereocenters. The minimum atomic E-state index is -1.07. The Morgan fingerprint density at radius 2 is 1.52 bits per heavy atom. The number of carbonyl (C=O) groups is 1. The van der Waals surface area contributed by atoms with Crippen LogP contribution in [0.4, 0.5) is 0 Å². The molecule has 1 aliphatic heterocycles. The standard InChI is InChI=1S/C18H16O2S/c1-12-17(19)10-11-21(20)18(12)15-8-4-2-6-13(15)14-7-3-5-9-16(14)18/h2-9,12H,10-11H2,1H3/t12-,21+/m1/s1. The molecule has 2 aliphatic rings. The second-order valence-electron chi connectivity index (χ2n) is 5.81. The van der Waals surface area contributed by atoms with E-state index in [1.807, 2.05) is 43.3 Å². The van der Waals surface area contributed by atoms with Crippen LogP contribution in [-0.2, 0) is 20.3 Å². The summed E-state index contributed by atoms with van der Waals surface area (Å²) in [6.07, 6.45) is 0.430. The van der Waals surface area contributed by atoms with Gasteiger partial charge >= 0.3 is 0 Å². The predicted molar refractivity (Wildman–Crippen MR) is 84.5 cm³/mol. The molecule has 2 aromatic carbocycles. The first-order valence-electron chi connectivity index (χ1n) is 7.28.